The highest BCUT2D eigenvalue weighted by Crippen LogP contribution is 2.36. The fraction of sp³-hybridized carbons (Fsp3) is 0.192. The first-order valence-electron chi connectivity index (χ1n) is 10.8. The number of hydrogen-bond donors (Lipinski definition) is 1. The van der Waals surface area contributed by atoms with Crippen molar-refractivity contribution in [2.24, 2.45) is 0 Å². The lowest BCUT2D eigenvalue weighted by molar-refractivity contribution is -0.122. The summed E-state index contributed by atoms with van der Waals surface area (Å²) in [4.78, 5) is 29.8. The Morgan fingerprint density at radius 3 is 2.52 bits per heavy atom. The van der Waals surface area contributed by atoms with E-state index in [4.69, 9.17) is 4.74 Å². The third kappa shape index (κ3) is 3.82. The molecule has 7 nitrogen and oxygen atoms in total. The van der Waals surface area contributed by atoms with Gasteiger partial charge in [0.2, 0.25) is 0 Å². The van der Waals surface area contributed by atoms with Gasteiger partial charge >= 0.3 is 0 Å². The summed E-state index contributed by atoms with van der Waals surface area (Å²) in [6, 6.07) is 13.4. The molecule has 2 aromatic heterocycles. The highest BCUT2D eigenvalue weighted by atomic mass is 16.5. The number of nitrogens with one attached hydrogen (secondary N) is 1. The molecular weight excluding hydrogens is 416 g/mol. The number of benzene rings is 2. The van der Waals surface area contributed by atoms with Crippen molar-refractivity contribution in [2.75, 3.05) is 7.11 Å². The van der Waals surface area contributed by atoms with Crippen LogP contribution in [0, 0.1) is 6.92 Å². The number of rotatable bonds is 7. The van der Waals surface area contributed by atoms with E-state index in [0.717, 1.165) is 41.5 Å². The standard InChI is InChI=1S/C26H24N4O3/c1-17-4-9-20-21(15-30(22(20)14-17)12-3-11-29-13-10-27-16-29)24-23(25(31)28-26(24)32)18-5-7-19(33-2)8-6-18/h4-10,13-16H,3,11-12H2,1-2H3,(H,28,31,32). The molecule has 0 bridgehead atoms. The summed E-state index contributed by atoms with van der Waals surface area (Å²) < 4.78 is 9.45. The molecule has 33 heavy (non-hydrogen) atoms. The lowest BCUT2D eigenvalue weighted by atomic mass is 9.95. The molecule has 0 aliphatic carbocycles. The number of carbonyl (C=O) groups is 2. The molecule has 0 spiro atoms. The quantitative estimate of drug-likeness (QED) is 0.443. The third-order valence-corrected chi connectivity index (χ3v) is 5.99. The summed E-state index contributed by atoms with van der Waals surface area (Å²) in [6.45, 7) is 3.67. The molecule has 0 atom stereocenters. The van der Waals surface area contributed by atoms with Crippen LogP contribution >= 0.6 is 0 Å². The summed E-state index contributed by atoms with van der Waals surface area (Å²) in [5.74, 6) is -0.0623. The van der Waals surface area contributed by atoms with Gasteiger partial charge in [-0.1, -0.05) is 24.3 Å². The first kappa shape index (κ1) is 20.8. The summed E-state index contributed by atoms with van der Waals surface area (Å²) in [5, 5.41) is 3.44. The van der Waals surface area contributed by atoms with E-state index in [0.29, 0.717) is 22.5 Å². The van der Waals surface area contributed by atoms with Gasteiger partial charge in [0.1, 0.15) is 5.75 Å². The molecular formula is C26H24N4O3. The molecule has 1 aliphatic rings. The summed E-state index contributed by atoms with van der Waals surface area (Å²) in [7, 11) is 1.59. The maximum absolute atomic E-state index is 12.9. The van der Waals surface area contributed by atoms with Crippen molar-refractivity contribution in [1.82, 2.24) is 19.4 Å². The van der Waals surface area contributed by atoms with Crippen molar-refractivity contribution >= 4 is 33.9 Å². The fourth-order valence-corrected chi connectivity index (χ4v) is 4.37. The van der Waals surface area contributed by atoms with Gasteiger partial charge in [-0.05, 0) is 42.7 Å². The Labute approximate surface area is 191 Å². The number of ether oxygens (including phenoxy) is 1. The summed E-state index contributed by atoms with van der Waals surface area (Å²) >= 11 is 0. The van der Waals surface area contributed by atoms with Crippen LogP contribution < -0.4 is 10.1 Å². The maximum atomic E-state index is 12.9. The monoisotopic (exact) mass is 440 g/mol. The second-order valence-electron chi connectivity index (χ2n) is 8.17. The van der Waals surface area contributed by atoms with Gasteiger partial charge in [0.15, 0.2) is 0 Å². The average Bonchev–Trinajstić information content (AvgIpc) is 3.52. The van der Waals surface area contributed by atoms with Crippen molar-refractivity contribution in [2.45, 2.75) is 26.4 Å². The minimum atomic E-state index is -0.381. The zero-order chi connectivity index (χ0) is 22.9. The molecule has 7 heteroatoms. The van der Waals surface area contributed by atoms with E-state index in [1.807, 2.05) is 35.4 Å². The largest absolute Gasteiger partial charge is 0.497 e. The topological polar surface area (TPSA) is 78.2 Å². The molecule has 0 fully saturated rings. The van der Waals surface area contributed by atoms with Gasteiger partial charge in [0.05, 0.1) is 24.6 Å². The lowest BCUT2D eigenvalue weighted by Crippen LogP contribution is -2.22. The molecule has 5 rings (SSSR count). The number of aromatic nitrogens is 3. The summed E-state index contributed by atoms with van der Waals surface area (Å²) in [6.07, 6.45) is 8.43. The Hall–Kier alpha value is -4.13. The second-order valence-corrected chi connectivity index (χ2v) is 8.17. The van der Waals surface area contributed by atoms with Gasteiger partial charge in [-0.3, -0.25) is 14.9 Å². The Balaban J connectivity index is 1.60. The number of aryl methyl sites for hydroxylation is 3. The molecule has 1 aliphatic heterocycles. The van der Waals surface area contributed by atoms with Crippen LogP contribution in [0.15, 0.2) is 67.4 Å². The van der Waals surface area contributed by atoms with Crippen molar-refractivity contribution in [3.8, 4) is 5.75 Å². The predicted octanol–water partition coefficient (Wildman–Crippen LogP) is 3.81. The molecule has 0 saturated heterocycles. The highest BCUT2D eigenvalue weighted by molar-refractivity contribution is 6.50. The summed E-state index contributed by atoms with van der Waals surface area (Å²) in [5.41, 5.74) is 4.43. The van der Waals surface area contributed by atoms with Gasteiger partial charge in [0.25, 0.3) is 11.8 Å². The Morgan fingerprint density at radius 1 is 1.00 bits per heavy atom. The van der Waals surface area contributed by atoms with Crippen LogP contribution in [0.4, 0.5) is 0 Å². The van der Waals surface area contributed by atoms with E-state index in [9.17, 15) is 9.59 Å². The van der Waals surface area contributed by atoms with Gasteiger partial charge in [0, 0.05) is 48.1 Å². The highest BCUT2D eigenvalue weighted by Gasteiger charge is 2.33. The van der Waals surface area contributed by atoms with Gasteiger partial charge < -0.3 is 13.9 Å². The lowest BCUT2D eigenvalue weighted by Gasteiger charge is -2.06. The maximum Gasteiger partial charge on any atom is 0.259 e. The molecule has 3 heterocycles. The average molecular weight is 441 g/mol. The molecule has 0 unspecified atom stereocenters. The molecule has 2 aromatic carbocycles. The first-order valence-corrected chi connectivity index (χ1v) is 10.8. The Morgan fingerprint density at radius 2 is 1.79 bits per heavy atom. The van der Waals surface area contributed by atoms with E-state index in [-0.39, 0.29) is 11.8 Å². The normalized spacial score (nSPS) is 13.8. The van der Waals surface area contributed by atoms with Crippen molar-refractivity contribution in [1.29, 1.82) is 0 Å². The van der Waals surface area contributed by atoms with Crippen LogP contribution in [0.3, 0.4) is 0 Å². The number of methoxy groups -OCH3 is 1. The zero-order valence-corrected chi connectivity index (χ0v) is 18.5. The van der Waals surface area contributed by atoms with Crippen LogP contribution in [-0.2, 0) is 22.7 Å². The number of hydrogen-bond acceptors (Lipinski definition) is 4. The van der Waals surface area contributed by atoms with E-state index in [1.54, 1.807) is 37.6 Å². The number of fused-ring (bicyclic) bond motifs is 1. The van der Waals surface area contributed by atoms with E-state index in [1.165, 1.54) is 0 Å². The Kier molecular flexibility index (Phi) is 5.30. The van der Waals surface area contributed by atoms with Gasteiger partial charge in [-0.2, -0.15) is 0 Å². The number of carbonyl (C=O) groups excluding carboxylic acids is 2. The number of imidazole rings is 1. The molecule has 1 N–H and O–H groups in total. The van der Waals surface area contributed by atoms with Gasteiger partial charge in [-0.25, -0.2) is 4.98 Å². The van der Waals surface area contributed by atoms with Gasteiger partial charge in [-0.15, -0.1) is 0 Å². The van der Waals surface area contributed by atoms with Crippen LogP contribution in [0.5, 0.6) is 5.75 Å². The molecule has 2 amide bonds. The molecule has 0 radical (unpaired) electrons. The van der Waals surface area contributed by atoms with Crippen molar-refractivity contribution < 1.29 is 14.3 Å². The molecule has 0 saturated carbocycles. The number of amides is 2. The molecule has 4 aromatic rings. The van der Waals surface area contributed by atoms with Crippen LogP contribution in [0.25, 0.3) is 22.0 Å². The van der Waals surface area contributed by atoms with Crippen LogP contribution in [-0.4, -0.2) is 33.0 Å². The van der Waals surface area contributed by atoms with E-state index in [2.05, 4.69) is 27.9 Å². The van der Waals surface area contributed by atoms with E-state index >= 15 is 0 Å². The van der Waals surface area contributed by atoms with Crippen molar-refractivity contribution in [3.05, 3.63) is 84.1 Å². The second kappa shape index (κ2) is 8.43. The Bertz CT molecular complexity index is 1380. The van der Waals surface area contributed by atoms with Crippen LogP contribution in [0.1, 0.15) is 23.1 Å². The smallest absolute Gasteiger partial charge is 0.259 e. The fourth-order valence-electron chi connectivity index (χ4n) is 4.37. The van der Waals surface area contributed by atoms with Crippen LogP contribution in [0.2, 0.25) is 0 Å². The minimum absolute atomic E-state index is 0.371. The van der Waals surface area contributed by atoms with Crippen molar-refractivity contribution in [3.63, 3.8) is 0 Å². The zero-order valence-electron chi connectivity index (χ0n) is 18.5. The number of nitrogens with zero attached hydrogens (tertiary/aromatic N) is 3. The molecule has 166 valence electrons. The third-order valence-electron chi connectivity index (χ3n) is 5.99. The van der Waals surface area contributed by atoms with E-state index < -0.39 is 0 Å². The predicted molar refractivity (Wildman–Crippen MR) is 126 cm³/mol. The number of imide groups is 1. The first-order chi connectivity index (χ1) is 16.0. The minimum Gasteiger partial charge on any atom is -0.497 e. The SMILES string of the molecule is COc1ccc(C2=C(c3cn(CCCn4ccnc4)c4cc(C)ccc34)C(=O)NC2=O)cc1.